The number of carbonyl (C=O) groups excluding carboxylic acids is 2. The molecule has 0 saturated heterocycles. The molecule has 1 aromatic rings. The second-order valence-electron chi connectivity index (χ2n) is 6.08. The summed E-state index contributed by atoms with van der Waals surface area (Å²) in [6, 6.07) is 3.99. The lowest BCUT2D eigenvalue weighted by molar-refractivity contribution is -0.137. The van der Waals surface area contributed by atoms with Crippen LogP contribution in [0.5, 0.6) is 0 Å². The number of rotatable bonds is 3. The first kappa shape index (κ1) is 17.2. The van der Waals surface area contributed by atoms with E-state index in [0.29, 0.717) is 24.5 Å². The predicted octanol–water partition coefficient (Wildman–Crippen LogP) is 3.95. The van der Waals surface area contributed by atoms with Gasteiger partial charge in [0.2, 0.25) is 0 Å². The van der Waals surface area contributed by atoms with Gasteiger partial charge in [0.1, 0.15) is 0 Å². The molecule has 2 rings (SSSR count). The normalized spacial score (nSPS) is 18.8. The van der Waals surface area contributed by atoms with E-state index in [4.69, 9.17) is 0 Å². The zero-order valence-electron chi connectivity index (χ0n) is 12.9. The molecule has 1 atom stereocenters. The molecular weight excluding hydrogens is 307 g/mol. The van der Waals surface area contributed by atoms with Gasteiger partial charge < -0.3 is 5.32 Å². The monoisotopic (exact) mass is 325 g/mol. The van der Waals surface area contributed by atoms with Crippen molar-refractivity contribution in [3.05, 3.63) is 47.2 Å². The lowest BCUT2D eigenvalue weighted by Gasteiger charge is -2.25. The molecule has 1 aromatic carbocycles. The molecule has 23 heavy (non-hydrogen) atoms. The van der Waals surface area contributed by atoms with Crippen molar-refractivity contribution >= 4 is 11.7 Å². The van der Waals surface area contributed by atoms with E-state index in [9.17, 15) is 22.8 Å². The van der Waals surface area contributed by atoms with Crippen LogP contribution in [0.4, 0.5) is 13.2 Å². The van der Waals surface area contributed by atoms with Crippen molar-refractivity contribution in [2.24, 2.45) is 11.8 Å². The van der Waals surface area contributed by atoms with Gasteiger partial charge in [-0.15, -0.1) is 0 Å². The zero-order chi connectivity index (χ0) is 17.2. The number of hydrogen-bond acceptors (Lipinski definition) is 2. The second-order valence-corrected chi connectivity index (χ2v) is 6.08. The summed E-state index contributed by atoms with van der Waals surface area (Å²) in [6.07, 6.45) is -1.99. The summed E-state index contributed by atoms with van der Waals surface area (Å²) in [7, 11) is 0. The summed E-state index contributed by atoms with van der Waals surface area (Å²) in [5.74, 6) is -0.0825. The summed E-state index contributed by atoms with van der Waals surface area (Å²) in [4.78, 5) is 23.8. The lowest BCUT2D eigenvalue weighted by atomic mass is 9.83. The number of benzene rings is 1. The number of amides is 1. The van der Waals surface area contributed by atoms with Crippen LogP contribution in [0.3, 0.4) is 0 Å². The first-order valence-electron chi connectivity index (χ1n) is 7.39. The van der Waals surface area contributed by atoms with Crippen molar-refractivity contribution in [3.63, 3.8) is 0 Å². The predicted molar refractivity (Wildman–Crippen MR) is 79.6 cm³/mol. The largest absolute Gasteiger partial charge is 0.416 e. The Morgan fingerprint density at radius 1 is 1.17 bits per heavy atom. The van der Waals surface area contributed by atoms with Crippen molar-refractivity contribution in [2.75, 3.05) is 0 Å². The van der Waals surface area contributed by atoms with Crippen LogP contribution in [0, 0.1) is 11.8 Å². The molecule has 0 spiro atoms. The molecule has 0 bridgehead atoms. The minimum Gasteiger partial charge on any atom is -0.326 e. The Morgan fingerprint density at radius 3 is 2.30 bits per heavy atom. The van der Waals surface area contributed by atoms with Crippen LogP contribution in [0.25, 0.3) is 0 Å². The van der Waals surface area contributed by atoms with Gasteiger partial charge in [0.05, 0.1) is 5.56 Å². The molecule has 6 heteroatoms. The molecule has 0 fully saturated rings. The van der Waals surface area contributed by atoms with Gasteiger partial charge in [-0.2, -0.15) is 13.2 Å². The number of carbonyl (C=O) groups is 2. The maximum absolute atomic E-state index is 12.5. The molecule has 0 heterocycles. The van der Waals surface area contributed by atoms with Crippen LogP contribution in [0.15, 0.2) is 36.0 Å². The van der Waals surface area contributed by atoms with Crippen LogP contribution in [0.2, 0.25) is 0 Å². The molecule has 1 amide bonds. The number of halogens is 3. The van der Waals surface area contributed by atoms with E-state index in [0.717, 1.165) is 24.3 Å². The van der Waals surface area contributed by atoms with Gasteiger partial charge >= 0.3 is 6.18 Å². The summed E-state index contributed by atoms with van der Waals surface area (Å²) >= 11 is 0. The maximum atomic E-state index is 12.5. The Kier molecular flexibility index (Phi) is 4.92. The second kappa shape index (κ2) is 6.56. The number of allylic oxidation sites excluding steroid dienone is 2. The summed E-state index contributed by atoms with van der Waals surface area (Å²) < 4.78 is 37.5. The minimum atomic E-state index is -4.43. The molecular formula is C17H18F3NO2. The number of ketones is 1. The Labute approximate surface area is 132 Å². The molecule has 1 N–H and O–H groups in total. The van der Waals surface area contributed by atoms with Crippen LogP contribution >= 0.6 is 0 Å². The van der Waals surface area contributed by atoms with Crippen molar-refractivity contribution in [1.29, 1.82) is 0 Å². The SMILES string of the molecule is CC(C)C1CC(=O)C=C(NC(=O)c2ccc(C(F)(F)F)cc2)C1. The third-order valence-corrected chi connectivity index (χ3v) is 3.97. The first-order valence-corrected chi connectivity index (χ1v) is 7.39. The van der Waals surface area contributed by atoms with E-state index in [1.165, 1.54) is 6.08 Å². The minimum absolute atomic E-state index is 0.0438. The standard InChI is InChI=1S/C17H18F3NO2/c1-10(2)12-7-14(9-15(22)8-12)21-16(23)11-3-5-13(6-4-11)17(18,19)20/h3-6,9-10,12H,7-8H2,1-2H3,(H,21,23). The summed E-state index contributed by atoms with van der Waals surface area (Å²) in [5.41, 5.74) is -0.163. The highest BCUT2D eigenvalue weighted by molar-refractivity contribution is 5.97. The Morgan fingerprint density at radius 2 is 1.78 bits per heavy atom. The molecule has 1 aliphatic rings. The maximum Gasteiger partial charge on any atom is 0.416 e. The van der Waals surface area contributed by atoms with E-state index in [-0.39, 0.29) is 17.3 Å². The first-order chi connectivity index (χ1) is 10.7. The molecule has 1 aliphatic carbocycles. The smallest absolute Gasteiger partial charge is 0.326 e. The van der Waals surface area contributed by atoms with Gasteiger partial charge in [-0.3, -0.25) is 9.59 Å². The third kappa shape index (κ3) is 4.43. The van der Waals surface area contributed by atoms with E-state index in [1.54, 1.807) is 0 Å². The summed E-state index contributed by atoms with van der Waals surface area (Å²) in [6.45, 7) is 4.02. The Balaban J connectivity index is 2.08. The third-order valence-electron chi connectivity index (χ3n) is 3.97. The van der Waals surface area contributed by atoms with Gasteiger partial charge in [-0.25, -0.2) is 0 Å². The number of alkyl halides is 3. The fourth-order valence-electron chi connectivity index (χ4n) is 2.51. The van der Waals surface area contributed by atoms with Crippen molar-refractivity contribution in [1.82, 2.24) is 5.32 Å². The van der Waals surface area contributed by atoms with E-state index in [1.807, 2.05) is 13.8 Å². The lowest BCUT2D eigenvalue weighted by Crippen LogP contribution is -2.29. The Bertz CT molecular complexity index is 630. The fourth-order valence-corrected chi connectivity index (χ4v) is 2.51. The molecule has 3 nitrogen and oxygen atoms in total. The molecule has 0 aliphatic heterocycles. The quantitative estimate of drug-likeness (QED) is 0.914. The van der Waals surface area contributed by atoms with E-state index in [2.05, 4.69) is 5.32 Å². The Hall–Kier alpha value is -2.11. The van der Waals surface area contributed by atoms with Gasteiger partial charge in [-0.1, -0.05) is 13.8 Å². The topological polar surface area (TPSA) is 46.2 Å². The number of nitrogens with one attached hydrogen (secondary N) is 1. The highest BCUT2D eigenvalue weighted by Crippen LogP contribution is 2.29. The molecule has 0 radical (unpaired) electrons. The van der Waals surface area contributed by atoms with Crippen LogP contribution in [0.1, 0.15) is 42.6 Å². The van der Waals surface area contributed by atoms with Crippen LogP contribution in [-0.2, 0) is 11.0 Å². The highest BCUT2D eigenvalue weighted by atomic mass is 19.4. The van der Waals surface area contributed by atoms with E-state index < -0.39 is 17.6 Å². The van der Waals surface area contributed by atoms with Gasteiger partial charge in [0.15, 0.2) is 5.78 Å². The van der Waals surface area contributed by atoms with Crippen molar-refractivity contribution < 1.29 is 22.8 Å². The van der Waals surface area contributed by atoms with E-state index >= 15 is 0 Å². The molecule has 0 saturated carbocycles. The zero-order valence-corrected chi connectivity index (χ0v) is 12.9. The fraction of sp³-hybridized carbons (Fsp3) is 0.412. The van der Waals surface area contributed by atoms with Crippen LogP contribution < -0.4 is 5.32 Å². The van der Waals surface area contributed by atoms with Gasteiger partial charge in [0.25, 0.3) is 5.91 Å². The highest BCUT2D eigenvalue weighted by Gasteiger charge is 2.30. The van der Waals surface area contributed by atoms with Gasteiger partial charge in [-0.05, 0) is 42.5 Å². The van der Waals surface area contributed by atoms with Crippen molar-refractivity contribution in [3.8, 4) is 0 Å². The molecule has 1 unspecified atom stereocenters. The molecule has 0 aromatic heterocycles. The van der Waals surface area contributed by atoms with Gasteiger partial charge in [0, 0.05) is 23.8 Å². The number of hydrogen-bond donors (Lipinski definition) is 1. The van der Waals surface area contributed by atoms with Crippen molar-refractivity contribution in [2.45, 2.75) is 32.9 Å². The average Bonchev–Trinajstić information content (AvgIpc) is 2.45. The summed E-state index contributed by atoms with van der Waals surface area (Å²) in [5, 5.41) is 2.63. The average molecular weight is 325 g/mol. The van der Waals surface area contributed by atoms with Crippen LogP contribution in [-0.4, -0.2) is 11.7 Å². The molecule has 124 valence electrons.